The number of benzene rings is 2. The first-order chi connectivity index (χ1) is 13.4. The monoisotopic (exact) mass is 404 g/mol. The Morgan fingerprint density at radius 2 is 1.68 bits per heavy atom. The highest BCUT2D eigenvalue weighted by Crippen LogP contribution is 2.31. The van der Waals surface area contributed by atoms with Crippen molar-refractivity contribution < 1.29 is 9.85 Å². The fourth-order valence-corrected chi connectivity index (χ4v) is 3.76. The van der Waals surface area contributed by atoms with Crippen molar-refractivity contribution in [1.82, 2.24) is 9.80 Å². The standard InChI is InChI=1S/C19H21ClN4O4/c1-21-8-9-22(12-14-2-5-16(6-3-14)23(25)26)13-19(21)18-10-17(24(27)28)7-4-15(18)11-20/h2-7,10,19H,8-9,11-13H2,1H3. The summed E-state index contributed by atoms with van der Waals surface area (Å²) >= 11 is 6.08. The first kappa shape index (κ1) is 20.2. The van der Waals surface area contributed by atoms with Crippen LogP contribution in [0.3, 0.4) is 0 Å². The molecule has 148 valence electrons. The van der Waals surface area contributed by atoms with E-state index in [2.05, 4.69) is 9.80 Å². The molecule has 0 aliphatic carbocycles. The Bertz CT molecular complexity index is 875. The third-order valence-electron chi connectivity index (χ3n) is 5.13. The molecule has 1 aliphatic rings. The maximum atomic E-state index is 11.2. The first-order valence-corrected chi connectivity index (χ1v) is 9.41. The summed E-state index contributed by atoms with van der Waals surface area (Å²) in [5, 5.41) is 22.0. The van der Waals surface area contributed by atoms with E-state index in [1.54, 1.807) is 24.3 Å². The highest BCUT2D eigenvalue weighted by atomic mass is 35.5. The number of likely N-dealkylation sites (N-methyl/N-ethyl adjacent to an activating group) is 1. The molecule has 28 heavy (non-hydrogen) atoms. The molecule has 0 saturated carbocycles. The Labute approximate surface area is 167 Å². The molecule has 1 unspecified atom stereocenters. The van der Waals surface area contributed by atoms with Crippen LogP contribution in [0, 0.1) is 20.2 Å². The molecule has 3 rings (SSSR count). The van der Waals surface area contributed by atoms with Gasteiger partial charge in [0.05, 0.1) is 9.85 Å². The van der Waals surface area contributed by atoms with Gasteiger partial charge >= 0.3 is 0 Å². The lowest BCUT2D eigenvalue weighted by Gasteiger charge is -2.40. The Kier molecular flexibility index (Phi) is 6.23. The minimum absolute atomic E-state index is 0.0135. The van der Waals surface area contributed by atoms with Gasteiger partial charge in [-0.2, -0.15) is 0 Å². The highest BCUT2D eigenvalue weighted by molar-refractivity contribution is 6.17. The summed E-state index contributed by atoms with van der Waals surface area (Å²) in [4.78, 5) is 25.6. The van der Waals surface area contributed by atoms with Crippen LogP contribution >= 0.6 is 11.6 Å². The maximum absolute atomic E-state index is 11.2. The van der Waals surface area contributed by atoms with Crippen molar-refractivity contribution in [2.24, 2.45) is 0 Å². The molecule has 0 aromatic heterocycles. The number of hydrogen-bond donors (Lipinski definition) is 0. The normalized spacial score (nSPS) is 18.1. The van der Waals surface area contributed by atoms with Gasteiger partial charge in [-0.25, -0.2) is 0 Å². The fourth-order valence-electron chi connectivity index (χ4n) is 3.52. The van der Waals surface area contributed by atoms with Crippen LogP contribution in [-0.2, 0) is 12.4 Å². The Balaban J connectivity index is 1.80. The molecule has 0 N–H and O–H groups in total. The minimum atomic E-state index is -0.411. The molecule has 0 amide bonds. The largest absolute Gasteiger partial charge is 0.297 e. The molecular weight excluding hydrogens is 384 g/mol. The second kappa shape index (κ2) is 8.64. The van der Waals surface area contributed by atoms with Crippen LogP contribution in [0.1, 0.15) is 22.7 Å². The first-order valence-electron chi connectivity index (χ1n) is 8.88. The topological polar surface area (TPSA) is 92.8 Å². The van der Waals surface area contributed by atoms with Gasteiger partial charge in [-0.05, 0) is 23.7 Å². The van der Waals surface area contributed by atoms with E-state index in [0.29, 0.717) is 19.0 Å². The predicted molar refractivity (Wildman–Crippen MR) is 106 cm³/mol. The summed E-state index contributed by atoms with van der Waals surface area (Å²) in [6.07, 6.45) is 0. The second-order valence-electron chi connectivity index (χ2n) is 6.93. The van der Waals surface area contributed by atoms with Crippen molar-refractivity contribution in [3.63, 3.8) is 0 Å². The molecule has 9 heteroatoms. The van der Waals surface area contributed by atoms with Crippen molar-refractivity contribution in [1.29, 1.82) is 0 Å². The Morgan fingerprint density at radius 1 is 1.04 bits per heavy atom. The number of rotatable bonds is 6. The molecule has 1 atom stereocenters. The van der Waals surface area contributed by atoms with E-state index >= 15 is 0 Å². The van der Waals surface area contributed by atoms with Gasteiger partial charge in [0.1, 0.15) is 0 Å². The highest BCUT2D eigenvalue weighted by Gasteiger charge is 2.28. The number of halogens is 1. The molecule has 1 fully saturated rings. The lowest BCUT2D eigenvalue weighted by atomic mass is 9.97. The summed E-state index contributed by atoms with van der Waals surface area (Å²) in [7, 11) is 2.00. The van der Waals surface area contributed by atoms with Crippen LogP contribution in [0.25, 0.3) is 0 Å². The molecule has 2 aromatic rings. The molecule has 1 heterocycles. The van der Waals surface area contributed by atoms with Gasteiger partial charge in [-0.15, -0.1) is 11.6 Å². The molecular formula is C19H21ClN4O4. The zero-order chi connectivity index (χ0) is 20.3. The van der Waals surface area contributed by atoms with E-state index in [1.807, 2.05) is 7.05 Å². The van der Waals surface area contributed by atoms with Crippen LogP contribution in [0.4, 0.5) is 11.4 Å². The van der Waals surface area contributed by atoms with E-state index < -0.39 is 4.92 Å². The Morgan fingerprint density at radius 3 is 2.29 bits per heavy atom. The summed E-state index contributed by atoms with van der Waals surface area (Å²) in [5.41, 5.74) is 2.89. The molecule has 1 aliphatic heterocycles. The minimum Gasteiger partial charge on any atom is -0.297 e. The number of piperazine rings is 1. The fraction of sp³-hybridized carbons (Fsp3) is 0.368. The van der Waals surface area contributed by atoms with E-state index in [4.69, 9.17) is 11.6 Å². The predicted octanol–water partition coefficient (Wildman–Crippen LogP) is 3.73. The van der Waals surface area contributed by atoms with Crippen molar-refractivity contribution in [3.8, 4) is 0 Å². The zero-order valence-corrected chi connectivity index (χ0v) is 16.2. The number of nitro benzene ring substituents is 2. The Hall–Kier alpha value is -2.55. The number of alkyl halides is 1. The SMILES string of the molecule is CN1CCN(Cc2ccc([N+](=O)[O-])cc2)CC1c1cc([N+](=O)[O-])ccc1CCl. The van der Waals surface area contributed by atoms with E-state index in [9.17, 15) is 20.2 Å². The van der Waals surface area contributed by atoms with Crippen LogP contribution in [-0.4, -0.2) is 46.3 Å². The van der Waals surface area contributed by atoms with Gasteiger partial charge in [0.2, 0.25) is 0 Å². The third-order valence-corrected chi connectivity index (χ3v) is 5.42. The average molecular weight is 405 g/mol. The van der Waals surface area contributed by atoms with Crippen molar-refractivity contribution >= 4 is 23.0 Å². The smallest absolute Gasteiger partial charge is 0.269 e. The van der Waals surface area contributed by atoms with Gasteiger partial charge < -0.3 is 0 Å². The third kappa shape index (κ3) is 4.46. The number of hydrogen-bond acceptors (Lipinski definition) is 6. The van der Waals surface area contributed by atoms with Gasteiger partial charge in [0, 0.05) is 62.4 Å². The van der Waals surface area contributed by atoms with Crippen molar-refractivity contribution in [2.75, 3.05) is 26.7 Å². The van der Waals surface area contributed by atoms with E-state index in [1.165, 1.54) is 18.2 Å². The van der Waals surface area contributed by atoms with E-state index in [-0.39, 0.29) is 22.3 Å². The van der Waals surface area contributed by atoms with Crippen molar-refractivity contribution in [3.05, 3.63) is 79.4 Å². The molecule has 2 aromatic carbocycles. The maximum Gasteiger partial charge on any atom is 0.269 e. The molecule has 8 nitrogen and oxygen atoms in total. The van der Waals surface area contributed by atoms with Crippen molar-refractivity contribution in [2.45, 2.75) is 18.5 Å². The molecule has 0 spiro atoms. The zero-order valence-electron chi connectivity index (χ0n) is 15.5. The molecule has 0 radical (unpaired) electrons. The number of nitrogens with zero attached hydrogens (tertiary/aromatic N) is 4. The average Bonchev–Trinajstić information content (AvgIpc) is 2.69. The van der Waals surface area contributed by atoms with Gasteiger partial charge in [-0.3, -0.25) is 30.0 Å². The summed E-state index contributed by atoms with van der Waals surface area (Å²) < 4.78 is 0. The van der Waals surface area contributed by atoms with Crippen LogP contribution < -0.4 is 0 Å². The lowest BCUT2D eigenvalue weighted by molar-refractivity contribution is -0.385. The second-order valence-corrected chi connectivity index (χ2v) is 7.20. The van der Waals surface area contributed by atoms with Gasteiger partial charge in [0.25, 0.3) is 11.4 Å². The van der Waals surface area contributed by atoms with Gasteiger partial charge in [-0.1, -0.05) is 18.2 Å². The number of nitro groups is 2. The van der Waals surface area contributed by atoms with E-state index in [0.717, 1.165) is 29.8 Å². The quantitative estimate of drug-likeness (QED) is 0.413. The number of non-ortho nitro benzene ring substituents is 2. The van der Waals surface area contributed by atoms with Crippen LogP contribution in [0.5, 0.6) is 0 Å². The van der Waals surface area contributed by atoms with Gasteiger partial charge in [0.15, 0.2) is 0 Å². The van der Waals surface area contributed by atoms with Crippen LogP contribution in [0.2, 0.25) is 0 Å². The summed E-state index contributed by atoms with van der Waals surface area (Å²) in [5.74, 6) is 0.292. The lowest BCUT2D eigenvalue weighted by Crippen LogP contribution is -2.46. The molecule has 1 saturated heterocycles. The summed E-state index contributed by atoms with van der Waals surface area (Å²) in [6, 6.07) is 11.4. The molecule has 0 bridgehead atoms. The van der Waals surface area contributed by atoms with Crippen LogP contribution in [0.15, 0.2) is 42.5 Å². The summed E-state index contributed by atoms with van der Waals surface area (Å²) in [6.45, 7) is 3.00.